The van der Waals surface area contributed by atoms with Crippen molar-refractivity contribution in [1.29, 1.82) is 0 Å². The van der Waals surface area contributed by atoms with Crippen LogP contribution < -0.4 is 19.7 Å². The van der Waals surface area contributed by atoms with Crippen LogP contribution in [0.15, 0.2) is 72.9 Å². The van der Waals surface area contributed by atoms with Crippen molar-refractivity contribution in [3.63, 3.8) is 0 Å². The lowest BCUT2D eigenvalue weighted by Gasteiger charge is -2.29. The Morgan fingerprint density at radius 2 is 1.75 bits per heavy atom. The molecule has 0 saturated carbocycles. The minimum atomic E-state index is -0.264. The first kappa shape index (κ1) is 23.8. The maximum Gasteiger partial charge on any atom is 0.174 e. The highest BCUT2D eigenvalue weighted by Crippen LogP contribution is 2.46. The van der Waals surface area contributed by atoms with E-state index in [1.807, 2.05) is 36.4 Å². The molecule has 36 heavy (non-hydrogen) atoms. The predicted octanol–water partition coefficient (Wildman–Crippen LogP) is 5.82. The van der Waals surface area contributed by atoms with Crippen molar-refractivity contribution in [2.24, 2.45) is 0 Å². The molecule has 0 spiro atoms. The second-order valence-electron chi connectivity index (χ2n) is 8.67. The Morgan fingerprint density at radius 3 is 2.42 bits per heavy atom. The molecule has 0 aliphatic carbocycles. The van der Waals surface area contributed by atoms with E-state index < -0.39 is 0 Å². The van der Waals surface area contributed by atoms with Crippen LogP contribution in [0.3, 0.4) is 0 Å². The summed E-state index contributed by atoms with van der Waals surface area (Å²) in [6.07, 6.45) is 1.79. The Hall–Kier alpha value is -3.91. The maximum absolute atomic E-state index is 13.6. The summed E-state index contributed by atoms with van der Waals surface area (Å²) in [6.45, 7) is 4.13. The van der Waals surface area contributed by atoms with E-state index in [1.54, 1.807) is 32.5 Å². The monoisotopic (exact) mass is 502 g/mol. The molecule has 1 aliphatic rings. The zero-order valence-electron chi connectivity index (χ0n) is 20.5. The Morgan fingerprint density at radius 1 is 0.972 bits per heavy atom. The number of benzene rings is 2. The maximum atomic E-state index is 13.6. The largest absolute Gasteiger partial charge is 0.497 e. The number of nitrogens with one attached hydrogen (secondary N) is 1. The minimum Gasteiger partial charge on any atom is -0.497 e. The standard InChI is InChI=1S/C28H27FN4O2S/c1-17-15-22(18(2)32(17)20-10-8-19(29)9-11-20)27-26(23-7-5-6-14-30-23)31-28(36)33(27)24-13-12-21(34-3)16-25(24)35-4/h5-16,26-27H,1-4H3,(H,31,36)/t26-,27+/m0/s1. The van der Waals surface area contributed by atoms with Crippen molar-refractivity contribution in [3.8, 4) is 17.2 Å². The molecule has 2 atom stereocenters. The van der Waals surface area contributed by atoms with E-state index in [2.05, 4.69) is 39.7 Å². The number of halogens is 1. The second-order valence-corrected chi connectivity index (χ2v) is 9.06. The van der Waals surface area contributed by atoms with E-state index in [0.29, 0.717) is 16.6 Å². The summed E-state index contributed by atoms with van der Waals surface area (Å²) < 4.78 is 26.9. The predicted molar refractivity (Wildman–Crippen MR) is 143 cm³/mol. The smallest absolute Gasteiger partial charge is 0.174 e. The van der Waals surface area contributed by atoms with Crippen LogP contribution in [0.1, 0.15) is 34.7 Å². The van der Waals surface area contributed by atoms with E-state index in [9.17, 15) is 4.39 Å². The number of pyridine rings is 1. The molecule has 4 aromatic rings. The topological polar surface area (TPSA) is 51.5 Å². The molecule has 0 bridgehead atoms. The van der Waals surface area contributed by atoms with Gasteiger partial charge in [-0.2, -0.15) is 0 Å². The third kappa shape index (κ3) is 4.07. The summed E-state index contributed by atoms with van der Waals surface area (Å²) >= 11 is 5.89. The van der Waals surface area contributed by atoms with E-state index in [1.165, 1.54) is 12.1 Å². The van der Waals surface area contributed by atoms with E-state index in [0.717, 1.165) is 34.0 Å². The summed E-state index contributed by atoms with van der Waals surface area (Å²) in [5.41, 5.74) is 5.76. The van der Waals surface area contributed by atoms with Gasteiger partial charge in [0.05, 0.1) is 37.7 Å². The zero-order valence-corrected chi connectivity index (χ0v) is 21.3. The molecule has 0 unspecified atom stereocenters. The Balaban J connectivity index is 1.69. The van der Waals surface area contributed by atoms with Gasteiger partial charge in [0.2, 0.25) is 0 Å². The van der Waals surface area contributed by atoms with Crippen LogP contribution >= 0.6 is 12.2 Å². The summed E-state index contributed by atoms with van der Waals surface area (Å²) in [5, 5.41) is 4.07. The Labute approximate surface area is 215 Å². The molecule has 1 fully saturated rings. The number of methoxy groups -OCH3 is 2. The number of nitrogens with zero attached hydrogens (tertiary/aromatic N) is 3. The molecular formula is C28H27FN4O2S. The number of aryl methyl sites for hydroxylation is 1. The van der Waals surface area contributed by atoms with Crippen molar-refractivity contribution in [2.75, 3.05) is 19.1 Å². The van der Waals surface area contributed by atoms with Crippen LogP contribution in [-0.2, 0) is 0 Å². The van der Waals surface area contributed by atoms with E-state index in [4.69, 9.17) is 21.7 Å². The highest BCUT2D eigenvalue weighted by atomic mass is 32.1. The fourth-order valence-corrected chi connectivity index (χ4v) is 5.33. The van der Waals surface area contributed by atoms with Crippen LogP contribution in [0, 0.1) is 19.7 Å². The minimum absolute atomic E-state index is 0.201. The summed E-state index contributed by atoms with van der Waals surface area (Å²) in [4.78, 5) is 6.73. The van der Waals surface area contributed by atoms with Crippen LogP contribution in [-0.4, -0.2) is 28.9 Å². The molecule has 3 heterocycles. The lowest BCUT2D eigenvalue weighted by Crippen LogP contribution is -2.30. The normalized spacial score (nSPS) is 17.2. The van der Waals surface area contributed by atoms with Crippen molar-refractivity contribution >= 4 is 23.0 Å². The van der Waals surface area contributed by atoms with Gasteiger partial charge in [-0.05, 0) is 86.2 Å². The van der Waals surface area contributed by atoms with Crippen molar-refractivity contribution < 1.29 is 13.9 Å². The van der Waals surface area contributed by atoms with E-state index >= 15 is 0 Å². The second kappa shape index (κ2) is 9.62. The third-order valence-electron chi connectivity index (χ3n) is 6.62. The highest BCUT2D eigenvalue weighted by Gasteiger charge is 2.43. The summed E-state index contributed by atoms with van der Waals surface area (Å²) in [7, 11) is 3.26. The van der Waals surface area contributed by atoms with Crippen LogP contribution in [0.2, 0.25) is 0 Å². The van der Waals surface area contributed by atoms with Crippen molar-refractivity contribution in [1.82, 2.24) is 14.9 Å². The Bertz CT molecular complexity index is 1410. The average molecular weight is 503 g/mol. The average Bonchev–Trinajstić information content (AvgIpc) is 3.39. The van der Waals surface area contributed by atoms with Gasteiger partial charge in [-0.1, -0.05) is 6.07 Å². The molecule has 184 valence electrons. The third-order valence-corrected chi connectivity index (χ3v) is 6.93. The van der Waals surface area contributed by atoms with Gasteiger partial charge in [0.1, 0.15) is 17.3 Å². The van der Waals surface area contributed by atoms with Gasteiger partial charge in [0, 0.05) is 29.3 Å². The molecule has 0 radical (unpaired) electrons. The van der Waals surface area contributed by atoms with Crippen molar-refractivity contribution in [3.05, 3.63) is 101 Å². The molecule has 0 amide bonds. The molecule has 8 heteroatoms. The lowest BCUT2D eigenvalue weighted by atomic mass is 9.96. The van der Waals surface area contributed by atoms with Gasteiger partial charge >= 0.3 is 0 Å². The first-order chi connectivity index (χ1) is 17.4. The first-order valence-corrected chi connectivity index (χ1v) is 12.0. The zero-order chi connectivity index (χ0) is 25.4. The Kier molecular flexibility index (Phi) is 6.36. The molecule has 2 aromatic carbocycles. The number of aromatic nitrogens is 2. The van der Waals surface area contributed by atoms with Gasteiger partial charge < -0.3 is 24.3 Å². The molecule has 1 aliphatic heterocycles. The van der Waals surface area contributed by atoms with E-state index in [-0.39, 0.29) is 17.9 Å². The molecule has 2 aromatic heterocycles. The molecule has 1 N–H and O–H groups in total. The SMILES string of the molecule is COc1ccc(N2C(=S)N[C@@H](c3ccccn3)[C@H]2c2cc(C)n(-c3ccc(F)cc3)c2C)c(OC)c1. The van der Waals surface area contributed by atoms with Crippen LogP contribution in [0.5, 0.6) is 11.5 Å². The van der Waals surface area contributed by atoms with Gasteiger partial charge in [-0.15, -0.1) is 0 Å². The molecule has 5 rings (SSSR count). The number of ether oxygens (including phenoxy) is 2. The summed E-state index contributed by atoms with van der Waals surface area (Å²) in [5.74, 6) is 1.08. The fraction of sp³-hybridized carbons (Fsp3) is 0.214. The highest BCUT2D eigenvalue weighted by molar-refractivity contribution is 7.80. The fourth-order valence-electron chi connectivity index (χ4n) is 4.99. The summed E-state index contributed by atoms with van der Waals surface area (Å²) in [6, 6.07) is 19.9. The quantitative estimate of drug-likeness (QED) is 0.335. The lowest BCUT2D eigenvalue weighted by molar-refractivity contribution is 0.394. The van der Waals surface area contributed by atoms with Gasteiger partial charge in [-0.25, -0.2) is 4.39 Å². The molecular weight excluding hydrogens is 475 g/mol. The number of hydrogen-bond donors (Lipinski definition) is 1. The number of anilines is 1. The number of hydrogen-bond acceptors (Lipinski definition) is 4. The van der Waals surface area contributed by atoms with Gasteiger partial charge in [-0.3, -0.25) is 4.98 Å². The van der Waals surface area contributed by atoms with Crippen molar-refractivity contribution in [2.45, 2.75) is 25.9 Å². The molecule has 6 nitrogen and oxygen atoms in total. The van der Waals surface area contributed by atoms with Crippen LogP contribution in [0.25, 0.3) is 5.69 Å². The molecule has 1 saturated heterocycles. The van der Waals surface area contributed by atoms with Gasteiger partial charge in [0.15, 0.2) is 5.11 Å². The van der Waals surface area contributed by atoms with Gasteiger partial charge in [0.25, 0.3) is 0 Å². The first-order valence-electron chi connectivity index (χ1n) is 11.6. The van der Waals surface area contributed by atoms with Crippen LogP contribution in [0.4, 0.5) is 10.1 Å². The number of thiocarbonyl (C=S) groups is 1. The number of rotatable bonds is 6.